The molecule has 0 radical (unpaired) electrons. The van der Waals surface area contributed by atoms with Gasteiger partial charge in [0, 0.05) is 17.3 Å². The lowest BCUT2D eigenvalue weighted by molar-refractivity contribution is 0.353. The van der Waals surface area contributed by atoms with Crippen molar-refractivity contribution in [1.82, 2.24) is 15.2 Å². The van der Waals surface area contributed by atoms with Gasteiger partial charge in [-0.3, -0.25) is 10.1 Å². The van der Waals surface area contributed by atoms with Gasteiger partial charge < -0.3 is 0 Å². The van der Waals surface area contributed by atoms with E-state index in [9.17, 15) is 0 Å². The minimum absolute atomic E-state index is 0.649. The maximum absolute atomic E-state index is 6.24. The summed E-state index contributed by atoms with van der Waals surface area (Å²) in [5, 5.41) is 9.20. The normalized spacial score (nSPS) is 29.8. The van der Waals surface area contributed by atoms with Gasteiger partial charge in [-0.1, -0.05) is 31.9 Å². The molecule has 2 aromatic rings. The number of hydrogen-bond donors (Lipinski definition) is 1. The molecule has 3 nitrogen and oxygen atoms in total. The molecule has 4 rings (SSSR count). The Balaban J connectivity index is 1.35. The van der Waals surface area contributed by atoms with Crippen LogP contribution >= 0.6 is 11.6 Å². The molecule has 0 spiro atoms. The van der Waals surface area contributed by atoms with Gasteiger partial charge in [-0.15, -0.1) is 0 Å². The number of pyridine rings is 1. The molecule has 2 saturated carbocycles. The highest BCUT2D eigenvalue weighted by molar-refractivity contribution is 6.35. The molecular formula is C17H22ClN3. The fourth-order valence-corrected chi connectivity index (χ4v) is 4.85. The zero-order valence-corrected chi connectivity index (χ0v) is 13.5. The molecule has 0 saturated heterocycles. The van der Waals surface area contributed by atoms with E-state index in [2.05, 4.69) is 29.0 Å². The van der Waals surface area contributed by atoms with Gasteiger partial charge in [0.25, 0.3) is 0 Å². The molecule has 2 fully saturated rings. The molecule has 2 aromatic heterocycles. The average Bonchev–Trinajstić information content (AvgIpc) is 2.87. The lowest BCUT2D eigenvalue weighted by Crippen LogP contribution is -2.06. The number of aromatic amines is 1. The maximum Gasteiger partial charge on any atom is 0.112 e. The predicted molar refractivity (Wildman–Crippen MR) is 85.3 cm³/mol. The van der Waals surface area contributed by atoms with Gasteiger partial charge in [0.2, 0.25) is 0 Å². The summed E-state index contributed by atoms with van der Waals surface area (Å²) in [7, 11) is 0. The summed E-state index contributed by atoms with van der Waals surface area (Å²) >= 11 is 6.24. The van der Waals surface area contributed by atoms with Crippen molar-refractivity contribution < 1.29 is 0 Å². The molecule has 0 amide bonds. The molecule has 2 aliphatic rings. The van der Waals surface area contributed by atoms with Crippen molar-refractivity contribution in [2.24, 2.45) is 23.2 Å². The fraction of sp³-hybridized carbons (Fsp3) is 0.647. The third-order valence-corrected chi connectivity index (χ3v) is 6.28. The Morgan fingerprint density at radius 3 is 2.81 bits per heavy atom. The Morgan fingerprint density at radius 2 is 2.05 bits per heavy atom. The SMILES string of the molecule is CC1(C)[C@@H]2CC(CCCc3[nH]nc4cncc(Cl)c34)C[C@@H]21. The Morgan fingerprint density at radius 1 is 1.29 bits per heavy atom. The van der Waals surface area contributed by atoms with Crippen LogP contribution in [-0.2, 0) is 6.42 Å². The van der Waals surface area contributed by atoms with Crippen LogP contribution in [-0.4, -0.2) is 15.2 Å². The van der Waals surface area contributed by atoms with Crippen molar-refractivity contribution in [2.45, 2.75) is 46.0 Å². The van der Waals surface area contributed by atoms with Crippen molar-refractivity contribution in [3.05, 3.63) is 23.1 Å². The van der Waals surface area contributed by atoms with Crippen LogP contribution in [0.4, 0.5) is 0 Å². The number of aromatic nitrogens is 3. The largest absolute Gasteiger partial charge is 0.281 e. The lowest BCUT2D eigenvalue weighted by Gasteiger charge is -2.16. The third kappa shape index (κ3) is 2.17. The van der Waals surface area contributed by atoms with Crippen molar-refractivity contribution in [1.29, 1.82) is 0 Å². The molecule has 0 aromatic carbocycles. The van der Waals surface area contributed by atoms with Crippen LogP contribution in [0.15, 0.2) is 12.4 Å². The average molecular weight is 304 g/mol. The number of fused-ring (bicyclic) bond motifs is 2. The smallest absolute Gasteiger partial charge is 0.112 e. The van der Waals surface area contributed by atoms with Gasteiger partial charge in [-0.25, -0.2) is 0 Å². The summed E-state index contributed by atoms with van der Waals surface area (Å²) in [6.45, 7) is 4.87. The Bertz CT molecular complexity index is 662. The first-order valence-corrected chi connectivity index (χ1v) is 8.41. The van der Waals surface area contributed by atoms with Crippen LogP contribution in [0.3, 0.4) is 0 Å². The number of hydrogen-bond acceptors (Lipinski definition) is 2. The Labute approximate surface area is 130 Å². The second-order valence-corrected chi connectivity index (χ2v) is 7.89. The van der Waals surface area contributed by atoms with E-state index in [-0.39, 0.29) is 0 Å². The van der Waals surface area contributed by atoms with E-state index < -0.39 is 0 Å². The standard InChI is InChI=1S/C17H22ClN3/c1-17(2)11-6-10(7-12(11)17)4-3-5-14-16-13(18)8-19-9-15(16)21-20-14/h8-12H,3-7H2,1-2H3,(H,20,21)/t10?,11-,12+. The van der Waals surface area contributed by atoms with Crippen molar-refractivity contribution in [3.63, 3.8) is 0 Å². The summed E-state index contributed by atoms with van der Waals surface area (Å²) in [6, 6.07) is 0. The number of nitrogens with one attached hydrogen (secondary N) is 1. The summed E-state index contributed by atoms with van der Waals surface area (Å²) in [4.78, 5) is 4.08. The highest BCUT2D eigenvalue weighted by Crippen LogP contribution is 2.68. The number of H-pyrrole nitrogens is 1. The second-order valence-electron chi connectivity index (χ2n) is 7.48. The first kappa shape index (κ1) is 13.6. The first-order valence-electron chi connectivity index (χ1n) is 8.04. The topological polar surface area (TPSA) is 41.6 Å². The molecule has 1 N–H and O–H groups in total. The second kappa shape index (κ2) is 4.70. The number of aryl methyl sites for hydroxylation is 1. The summed E-state index contributed by atoms with van der Waals surface area (Å²) in [6.07, 6.45) is 9.98. The summed E-state index contributed by atoms with van der Waals surface area (Å²) in [5.74, 6) is 2.96. The van der Waals surface area contributed by atoms with E-state index in [1.54, 1.807) is 12.4 Å². The monoisotopic (exact) mass is 303 g/mol. The summed E-state index contributed by atoms with van der Waals surface area (Å²) in [5.41, 5.74) is 2.69. The van der Waals surface area contributed by atoms with Crippen LogP contribution in [0, 0.1) is 23.2 Å². The molecular weight excluding hydrogens is 282 g/mol. The van der Waals surface area contributed by atoms with Crippen LogP contribution in [0.1, 0.15) is 45.2 Å². The molecule has 1 unspecified atom stereocenters. The quantitative estimate of drug-likeness (QED) is 0.895. The number of halogens is 1. The van der Waals surface area contributed by atoms with Gasteiger partial charge in [-0.2, -0.15) is 5.10 Å². The Kier molecular flexibility index (Phi) is 3.04. The van der Waals surface area contributed by atoms with E-state index in [0.29, 0.717) is 10.4 Å². The minimum Gasteiger partial charge on any atom is -0.281 e. The van der Waals surface area contributed by atoms with Gasteiger partial charge in [0.1, 0.15) is 5.52 Å². The highest BCUT2D eigenvalue weighted by atomic mass is 35.5. The molecule has 0 aliphatic heterocycles. The van der Waals surface area contributed by atoms with Crippen molar-refractivity contribution in [3.8, 4) is 0 Å². The van der Waals surface area contributed by atoms with E-state index in [0.717, 1.165) is 35.1 Å². The van der Waals surface area contributed by atoms with Crippen molar-refractivity contribution >= 4 is 22.5 Å². The van der Waals surface area contributed by atoms with Gasteiger partial charge in [0.05, 0.1) is 11.2 Å². The highest BCUT2D eigenvalue weighted by Gasteiger charge is 2.61. The van der Waals surface area contributed by atoms with Gasteiger partial charge >= 0.3 is 0 Å². The van der Waals surface area contributed by atoms with E-state index in [1.165, 1.54) is 31.4 Å². The van der Waals surface area contributed by atoms with Gasteiger partial charge in [-0.05, 0) is 48.9 Å². The zero-order valence-electron chi connectivity index (χ0n) is 12.7. The van der Waals surface area contributed by atoms with Crippen LogP contribution in [0.25, 0.3) is 10.9 Å². The van der Waals surface area contributed by atoms with E-state index >= 15 is 0 Å². The molecule has 2 aliphatic carbocycles. The molecule has 0 bridgehead atoms. The maximum atomic E-state index is 6.24. The predicted octanol–water partition coefficient (Wildman–Crippen LogP) is 4.62. The Hall–Kier alpha value is -1.09. The molecule has 3 atom stereocenters. The minimum atomic E-state index is 0.649. The molecule has 2 heterocycles. The lowest BCUT2D eigenvalue weighted by atomic mass is 9.89. The van der Waals surface area contributed by atoms with Gasteiger partial charge in [0.15, 0.2) is 0 Å². The molecule has 112 valence electrons. The van der Waals surface area contributed by atoms with Crippen LogP contribution < -0.4 is 0 Å². The molecule has 4 heteroatoms. The first-order chi connectivity index (χ1) is 10.1. The number of nitrogens with zero attached hydrogens (tertiary/aromatic N) is 2. The van der Waals surface area contributed by atoms with Crippen molar-refractivity contribution in [2.75, 3.05) is 0 Å². The summed E-state index contributed by atoms with van der Waals surface area (Å²) < 4.78 is 0. The third-order valence-electron chi connectivity index (χ3n) is 5.99. The molecule has 21 heavy (non-hydrogen) atoms. The van der Waals surface area contributed by atoms with Crippen LogP contribution in [0.2, 0.25) is 5.02 Å². The number of rotatable bonds is 4. The van der Waals surface area contributed by atoms with Crippen LogP contribution in [0.5, 0.6) is 0 Å². The van der Waals surface area contributed by atoms with E-state index in [4.69, 9.17) is 11.6 Å². The van der Waals surface area contributed by atoms with E-state index in [1.807, 2.05) is 0 Å². The zero-order chi connectivity index (χ0) is 14.6. The fourth-order valence-electron chi connectivity index (χ4n) is 4.58.